The largest absolute Gasteiger partial charge is 0.481 e. The number of carboxylic acids is 1. The summed E-state index contributed by atoms with van der Waals surface area (Å²) in [6.07, 6.45) is 7.54. The number of likely N-dealkylation sites (tertiary alicyclic amines) is 5. The Morgan fingerprint density at radius 3 is 0.992 bits per heavy atom. The summed E-state index contributed by atoms with van der Waals surface area (Å²) in [4.78, 5) is 128. The first-order valence-corrected chi connectivity index (χ1v) is 41.9. The minimum atomic E-state index is -1.00. The maximum Gasteiger partial charge on any atom is 0.410 e. The molecule has 3 aromatic carbocycles. The third-order valence-electron chi connectivity index (χ3n) is 19.2. The van der Waals surface area contributed by atoms with Crippen LogP contribution < -0.4 is 22.1 Å². The van der Waals surface area contributed by atoms with Gasteiger partial charge in [0.2, 0.25) is 5.91 Å². The predicted molar refractivity (Wildman–Crippen MR) is 502 cm³/mol. The number of aliphatic carboxylic acids is 1. The molecular formula is C95H171F2N11O19. The zero-order chi connectivity index (χ0) is 92.5. The summed E-state index contributed by atoms with van der Waals surface area (Å²) >= 11 is 0. The van der Waals surface area contributed by atoms with Gasteiger partial charge in [-0.2, -0.15) is 0 Å². The van der Waals surface area contributed by atoms with Crippen molar-refractivity contribution in [2.45, 2.75) is 273 Å². The molecule has 0 bridgehead atoms. The van der Waals surface area contributed by atoms with Crippen molar-refractivity contribution in [3.63, 3.8) is 0 Å². The van der Waals surface area contributed by atoms with Gasteiger partial charge >= 0.3 is 54.7 Å². The first-order chi connectivity index (χ1) is 57.6. The molecule has 0 radical (unpaired) electrons. The molecule has 7 N–H and O–H groups in total. The van der Waals surface area contributed by atoms with Crippen LogP contribution in [0.2, 0.25) is 0 Å². The lowest BCUT2D eigenvalue weighted by atomic mass is 10.1. The fourth-order valence-electron chi connectivity index (χ4n) is 13.1. The van der Waals surface area contributed by atoms with Crippen LogP contribution >= 0.6 is 0 Å². The summed E-state index contributed by atoms with van der Waals surface area (Å²) in [6, 6.07) is 28.9. The SMILES string of the molecule is C.C.C.C.C.C.CC(C)(C)OC(=O)N1CCC(CC(=O)O)C1.CC(C)(C)OC(=O)N1CCC(CC(N)=O)C1.CC(C)(C)OC(=O)N1CCC(CCN)C1.CC(C)(C)OC(=O)N1CCC(CCNC(=O)OCc2ccccc2)C1.CN(CCC1CCN(C(=O)OC(C)(C)C)C1)C(=O)OCc1ccccc1.CN(CCC1CCNC1)C(=O)OCc1ccccc1.[2H]CF.[2H]CF. The predicted octanol–water partition coefficient (Wildman–Crippen LogP) is 19.1. The highest BCUT2D eigenvalue weighted by Crippen LogP contribution is 2.28. The van der Waals surface area contributed by atoms with Gasteiger partial charge in [0.1, 0.15) is 47.8 Å². The van der Waals surface area contributed by atoms with E-state index in [0.29, 0.717) is 109 Å². The van der Waals surface area contributed by atoms with E-state index in [1.54, 1.807) is 48.4 Å². The molecule has 32 heteroatoms. The average molecular weight is 1810 g/mol. The maximum atomic E-state index is 12.1. The molecule has 9 rings (SSSR count). The summed E-state index contributed by atoms with van der Waals surface area (Å²) in [7, 11) is 1.55. The minimum absolute atomic E-state index is 0. The molecule has 6 fully saturated rings. The second-order valence-electron chi connectivity index (χ2n) is 35.9. The van der Waals surface area contributed by atoms with Gasteiger partial charge in [-0.25, -0.2) is 38.4 Å². The number of nitrogens with one attached hydrogen (secondary N) is 2. The Bertz CT molecular complexity index is 3490. The van der Waals surface area contributed by atoms with Gasteiger partial charge in [-0.15, -0.1) is 0 Å². The van der Waals surface area contributed by atoms with Crippen molar-refractivity contribution < 1.29 is 102 Å². The van der Waals surface area contributed by atoms with E-state index in [2.05, 4.69) is 10.6 Å². The maximum absolute atomic E-state index is 12.1. The number of alkyl carbamates (subject to hydrolysis) is 1. The van der Waals surface area contributed by atoms with Crippen LogP contribution in [0, 0.1) is 35.5 Å². The number of hydrogen-bond donors (Lipinski definition) is 5. The Balaban J connectivity index is -0.000000471. The summed E-state index contributed by atoms with van der Waals surface area (Å²) in [5.74, 6) is 1.14. The number of rotatable bonds is 21. The number of alkyl halides is 2. The number of nitrogens with two attached hydrogens (primary N) is 2. The topological polar surface area (TPSA) is 364 Å². The molecule has 3 aromatic rings. The van der Waals surface area contributed by atoms with Gasteiger partial charge in [-0.1, -0.05) is 136 Å². The van der Waals surface area contributed by atoms with Crippen LogP contribution in [0.5, 0.6) is 0 Å². The second kappa shape index (κ2) is 65.1. The van der Waals surface area contributed by atoms with E-state index in [4.69, 9.17) is 57.2 Å². The highest BCUT2D eigenvalue weighted by Gasteiger charge is 2.36. The highest BCUT2D eigenvalue weighted by molar-refractivity contribution is 5.75. The van der Waals surface area contributed by atoms with Crippen molar-refractivity contribution >= 4 is 60.6 Å². The molecule has 6 saturated heterocycles. The average Bonchev–Trinajstić information content (AvgIpc) is 1.76. The number of amides is 9. The van der Waals surface area contributed by atoms with Crippen molar-refractivity contribution in [1.29, 1.82) is 0 Å². The molecule has 0 aromatic heterocycles. The molecule has 0 saturated carbocycles. The highest BCUT2D eigenvalue weighted by atomic mass is 19.1. The van der Waals surface area contributed by atoms with Gasteiger partial charge in [0.15, 0.2) is 0 Å². The van der Waals surface area contributed by atoms with Gasteiger partial charge in [0.05, 0.1) is 17.0 Å². The number of benzene rings is 3. The summed E-state index contributed by atoms with van der Waals surface area (Å²) in [5.41, 5.74) is 11.2. The number of nitrogens with zero attached hydrogens (tertiary/aromatic N) is 7. The minimum Gasteiger partial charge on any atom is -0.481 e. The molecule has 0 aliphatic carbocycles. The molecule has 127 heavy (non-hydrogen) atoms. The molecule has 6 aliphatic heterocycles. The second-order valence-corrected chi connectivity index (χ2v) is 35.9. The van der Waals surface area contributed by atoms with E-state index in [-0.39, 0.29) is 125 Å². The summed E-state index contributed by atoms with van der Waals surface area (Å²) in [6.45, 7) is 40.2. The molecule has 0 spiro atoms. The van der Waals surface area contributed by atoms with E-state index in [9.17, 15) is 56.7 Å². The number of ether oxygens (including phenoxy) is 8. The molecule has 30 nitrogen and oxygen atoms in total. The summed E-state index contributed by atoms with van der Waals surface area (Å²) in [5, 5.41) is 14.8. The zero-order valence-corrected chi connectivity index (χ0v) is 75.3. The Morgan fingerprint density at radius 1 is 0.433 bits per heavy atom. The number of hydrogen-bond acceptors (Lipinski definition) is 20. The van der Waals surface area contributed by atoms with Crippen LogP contribution in [0.1, 0.15) is 245 Å². The van der Waals surface area contributed by atoms with Crippen LogP contribution in [-0.2, 0) is 67.3 Å². The molecular weight excluding hydrogens is 1640 g/mol. The Hall–Kier alpha value is -9.46. The van der Waals surface area contributed by atoms with Gasteiger partial charge in [-0.05, 0) is 240 Å². The van der Waals surface area contributed by atoms with E-state index < -0.39 is 54.4 Å². The zero-order valence-electron chi connectivity index (χ0n) is 77.3. The lowest BCUT2D eigenvalue weighted by molar-refractivity contribution is -0.138. The number of carbonyl (C=O) groups is 10. The van der Waals surface area contributed by atoms with Crippen molar-refractivity contribution in [3.8, 4) is 0 Å². The number of carbonyl (C=O) groups excluding carboxylic acids is 9. The van der Waals surface area contributed by atoms with E-state index in [1.807, 2.05) is 195 Å². The lowest BCUT2D eigenvalue weighted by Gasteiger charge is -2.24. The standard InChI is InChI=1S/C20H30N2O4.C19H28N2O4.C15H22N2O2.C11H20N2O3.C11H22N2O2.C11H19NO4.2CH3F.6CH4/c1-20(2,3)26-19(24)22-13-11-16(14-22)10-12-21(4)18(23)25-15-17-8-6-5-7-9-17;1-19(2,3)25-18(23)21-12-10-15(13-21)9-11-20-17(22)24-14-16-7-5-4-6-8-16;1-17(10-8-13-7-9-16-11-13)15(18)19-12-14-5-3-2-4-6-14;1-11(2,3)16-10(15)13-5-4-8(7-13)6-9(12)14;1-11(2,3)15-10(14)13-7-5-9(8-13)4-6-12;1-11(2,3)16-10(15)12-5-4-8(7-12)6-9(13)14;2*1-2;;;;;;/h5-9,16H,10-15H2,1-4H3;4-8,15H,9-14H2,1-3H3,(H,20,22);2-6,13,16H,7-12H2,1H3;8H,4-7H2,1-3H3,(H2,12,14);9H,4-8,12H2,1-3H3;8H,4-7H2,1-3H3,(H,13,14);2*1H3;6*1H4/i;;;;;;2*1D;;;;;;. The first kappa shape index (κ1) is 122. The molecule has 9 amide bonds. The monoisotopic (exact) mass is 1810 g/mol. The Labute approximate surface area is 765 Å². The lowest BCUT2D eigenvalue weighted by Crippen LogP contribution is -2.35. The number of primary amides is 1. The van der Waals surface area contributed by atoms with Crippen LogP contribution in [0.15, 0.2) is 91.0 Å². The van der Waals surface area contributed by atoms with Gasteiger partial charge in [0, 0.05) is 112 Å². The van der Waals surface area contributed by atoms with Gasteiger partial charge in [0.25, 0.3) is 0 Å². The van der Waals surface area contributed by atoms with Crippen molar-refractivity contribution in [2.75, 3.05) is 133 Å². The van der Waals surface area contributed by atoms with Crippen LogP contribution in [0.4, 0.5) is 47.1 Å². The number of carboxylic acid groups (broad SMARTS) is 1. The summed E-state index contributed by atoms with van der Waals surface area (Å²) < 4.78 is 73.3. The van der Waals surface area contributed by atoms with Gasteiger partial charge < -0.3 is 99.4 Å². The van der Waals surface area contributed by atoms with Crippen molar-refractivity contribution in [1.82, 2.24) is 44.9 Å². The Kier molecular flexibility index (Phi) is 62.4. The third-order valence-corrected chi connectivity index (χ3v) is 19.2. The third kappa shape index (κ3) is 58.6. The van der Waals surface area contributed by atoms with E-state index in [0.717, 1.165) is 107 Å². The molecule has 6 heterocycles. The molecule has 734 valence electrons. The smallest absolute Gasteiger partial charge is 0.410 e. The fraction of sp³-hybridized carbons (Fsp3) is 0.705. The van der Waals surface area contributed by atoms with Crippen LogP contribution in [-0.4, -0.2) is 261 Å². The quantitative estimate of drug-likeness (QED) is 0.0618. The molecule has 6 aliphatic rings. The number of halogens is 2. The van der Waals surface area contributed by atoms with Crippen molar-refractivity contribution in [3.05, 3.63) is 108 Å². The van der Waals surface area contributed by atoms with E-state index >= 15 is 0 Å². The molecule has 6 atom stereocenters. The first-order valence-electron chi connectivity index (χ1n) is 43.3. The molecule has 6 unspecified atom stereocenters. The fourth-order valence-corrected chi connectivity index (χ4v) is 13.1. The van der Waals surface area contributed by atoms with Crippen LogP contribution in [0.25, 0.3) is 0 Å². The van der Waals surface area contributed by atoms with E-state index in [1.165, 1.54) is 6.42 Å². The van der Waals surface area contributed by atoms with Gasteiger partial charge in [-0.3, -0.25) is 18.4 Å². The van der Waals surface area contributed by atoms with Crippen molar-refractivity contribution in [2.24, 2.45) is 47.0 Å². The Morgan fingerprint density at radius 2 is 0.709 bits per heavy atom. The van der Waals surface area contributed by atoms with Crippen LogP contribution in [0.3, 0.4) is 0 Å². The normalized spacial score (nSPS) is 17.8.